The molecular weight excluding hydrogens is 166 g/mol. The molecule has 0 bridgehead atoms. The molecule has 0 aliphatic heterocycles. The molecule has 12 heavy (non-hydrogen) atoms. The van der Waals surface area contributed by atoms with Crippen LogP contribution in [0.15, 0.2) is 11.4 Å². The third kappa shape index (κ3) is 0.771. The third-order valence-electron chi connectivity index (χ3n) is 3.52. The van der Waals surface area contributed by atoms with E-state index in [1.807, 2.05) is 11.3 Å². The SMILES string of the molecule is NC1c2ccsc2CCC12CC2. The Morgan fingerprint density at radius 3 is 3.00 bits per heavy atom. The Kier molecular flexibility index (Phi) is 1.25. The van der Waals surface area contributed by atoms with E-state index in [-0.39, 0.29) is 0 Å². The first-order valence-electron chi connectivity index (χ1n) is 4.64. The van der Waals surface area contributed by atoms with Crippen molar-refractivity contribution in [3.63, 3.8) is 0 Å². The maximum Gasteiger partial charge on any atom is 0.0363 e. The third-order valence-corrected chi connectivity index (χ3v) is 4.51. The molecule has 1 nitrogen and oxygen atoms in total. The molecule has 1 aromatic rings. The average molecular weight is 179 g/mol. The van der Waals surface area contributed by atoms with E-state index in [0.29, 0.717) is 11.5 Å². The summed E-state index contributed by atoms with van der Waals surface area (Å²) < 4.78 is 0. The summed E-state index contributed by atoms with van der Waals surface area (Å²) in [5.74, 6) is 0. The molecule has 1 atom stereocenters. The van der Waals surface area contributed by atoms with Crippen LogP contribution in [0.4, 0.5) is 0 Å². The molecular formula is C10H13NS. The molecule has 2 heteroatoms. The molecule has 0 saturated heterocycles. The highest BCUT2D eigenvalue weighted by Gasteiger charge is 2.50. The average Bonchev–Trinajstić information content (AvgIpc) is 2.69. The van der Waals surface area contributed by atoms with Crippen LogP contribution in [0.1, 0.15) is 35.7 Å². The van der Waals surface area contributed by atoms with Gasteiger partial charge in [-0.1, -0.05) is 0 Å². The smallest absolute Gasteiger partial charge is 0.0363 e. The quantitative estimate of drug-likeness (QED) is 0.650. The fourth-order valence-electron chi connectivity index (χ4n) is 2.40. The summed E-state index contributed by atoms with van der Waals surface area (Å²) in [6, 6.07) is 2.58. The minimum atomic E-state index is 0.354. The van der Waals surface area contributed by atoms with Gasteiger partial charge in [-0.25, -0.2) is 0 Å². The predicted molar refractivity (Wildman–Crippen MR) is 51.2 cm³/mol. The minimum absolute atomic E-state index is 0.354. The Morgan fingerprint density at radius 2 is 2.25 bits per heavy atom. The van der Waals surface area contributed by atoms with Crippen molar-refractivity contribution in [3.05, 3.63) is 21.9 Å². The number of hydrogen-bond donors (Lipinski definition) is 1. The molecule has 1 heterocycles. The molecule has 64 valence electrons. The highest BCUT2D eigenvalue weighted by Crippen LogP contribution is 2.60. The van der Waals surface area contributed by atoms with Crippen LogP contribution in [0, 0.1) is 5.41 Å². The fraction of sp³-hybridized carbons (Fsp3) is 0.600. The van der Waals surface area contributed by atoms with Crippen molar-refractivity contribution in [3.8, 4) is 0 Å². The van der Waals surface area contributed by atoms with E-state index in [4.69, 9.17) is 5.73 Å². The van der Waals surface area contributed by atoms with E-state index in [1.54, 1.807) is 4.88 Å². The number of nitrogens with two attached hydrogens (primary N) is 1. The summed E-state index contributed by atoms with van der Waals surface area (Å²) in [4.78, 5) is 1.54. The summed E-state index contributed by atoms with van der Waals surface area (Å²) >= 11 is 1.88. The van der Waals surface area contributed by atoms with Crippen molar-refractivity contribution in [1.82, 2.24) is 0 Å². The van der Waals surface area contributed by atoms with Gasteiger partial charge >= 0.3 is 0 Å². The van der Waals surface area contributed by atoms with Crippen LogP contribution in [0.3, 0.4) is 0 Å². The zero-order valence-corrected chi connectivity index (χ0v) is 7.86. The first kappa shape index (κ1) is 7.10. The summed E-state index contributed by atoms with van der Waals surface area (Å²) in [5.41, 5.74) is 8.22. The Hall–Kier alpha value is -0.340. The van der Waals surface area contributed by atoms with Gasteiger partial charge in [-0.05, 0) is 48.1 Å². The minimum Gasteiger partial charge on any atom is -0.323 e. The van der Waals surface area contributed by atoms with Crippen LogP contribution in [-0.2, 0) is 6.42 Å². The summed E-state index contributed by atoms with van der Waals surface area (Å²) in [5, 5.41) is 2.19. The van der Waals surface area contributed by atoms with Gasteiger partial charge in [0.05, 0.1) is 0 Å². The number of hydrogen-bond acceptors (Lipinski definition) is 2. The number of fused-ring (bicyclic) bond motifs is 1. The molecule has 1 saturated carbocycles. The van der Waals surface area contributed by atoms with Crippen molar-refractivity contribution in [2.45, 2.75) is 31.7 Å². The summed E-state index contributed by atoms with van der Waals surface area (Å²) in [6.07, 6.45) is 5.34. The van der Waals surface area contributed by atoms with Crippen LogP contribution in [-0.4, -0.2) is 0 Å². The van der Waals surface area contributed by atoms with Gasteiger partial charge in [0.2, 0.25) is 0 Å². The zero-order valence-electron chi connectivity index (χ0n) is 7.05. The monoisotopic (exact) mass is 179 g/mol. The van der Waals surface area contributed by atoms with Gasteiger partial charge in [0.1, 0.15) is 0 Å². The second kappa shape index (κ2) is 2.12. The lowest BCUT2D eigenvalue weighted by molar-refractivity contribution is 0.358. The molecule has 1 unspecified atom stereocenters. The van der Waals surface area contributed by atoms with Crippen molar-refractivity contribution in [2.75, 3.05) is 0 Å². The molecule has 1 aromatic heterocycles. The van der Waals surface area contributed by atoms with Gasteiger partial charge in [-0.3, -0.25) is 0 Å². The lowest BCUT2D eigenvalue weighted by Gasteiger charge is -2.28. The van der Waals surface area contributed by atoms with Crippen molar-refractivity contribution >= 4 is 11.3 Å². The van der Waals surface area contributed by atoms with Gasteiger partial charge < -0.3 is 5.73 Å². The molecule has 1 fully saturated rings. The van der Waals surface area contributed by atoms with Gasteiger partial charge in [0, 0.05) is 10.9 Å². The molecule has 1 spiro atoms. The van der Waals surface area contributed by atoms with Gasteiger partial charge in [0.15, 0.2) is 0 Å². The van der Waals surface area contributed by atoms with E-state index < -0.39 is 0 Å². The van der Waals surface area contributed by atoms with Crippen LogP contribution >= 0.6 is 11.3 Å². The molecule has 0 amide bonds. The Morgan fingerprint density at radius 1 is 1.42 bits per heavy atom. The molecule has 2 aliphatic rings. The maximum atomic E-state index is 6.24. The maximum absolute atomic E-state index is 6.24. The number of aryl methyl sites for hydroxylation is 1. The van der Waals surface area contributed by atoms with Crippen molar-refractivity contribution < 1.29 is 0 Å². The summed E-state index contributed by atoms with van der Waals surface area (Å²) in [7, 11) is 0. The van der Waals surface area contributed by atoms with Gasteiger partial charge in [-0.2, -0.15) is 0 Å². The standard InChI is InChI=1S/C10H13NS/c11-9-7-2-6-12-8(7)1-3-10(9)4-5-10/h2,6,9H,1,3-5,11H2. The van der Waals surface area contributed by atoms with E-state index in [1.165, 1.54) is 31.2 Å². The molecule has 2 N–H and O–H groups in total. The molecule has 0 radical (unpaired) electrons. The lowest BCUT2D eigenvalue weighted by Crippen LogP contribution is -2.27. The van der Waals surface area contributed by atoms with E-state index in [0.717, 1.165) is 0 Å². The Labute approximate surface area is 76.6 Å². The Bertz CT molecular complexity index is 311. The van der Waals surface area contributed by atoms with Crippen molar-refractivity contribution in [2.24, 2.45) is 11.1 Å². The second-order valence-corrected chi connectivity index (χ2v) is 5.14. The first-order chi connectivity index (χ1) is 5.82. The van der Waals surface area contributed by atoms with Crippen LogP contribution in [0.2, 0.25) is 0 Å². The predicted octanol–water partition coefficient (Wildman–Crippen LogP) is 2.47. The number of thiophene rings is 1. The fourth-order valence-corrected chi connectivity index (χ4v) is 3.33. The highest BCUT2D eigenvalue weighted by molar-refractivity contribution is 7.10. The second-order valence-electron chi connectivity index (χ2n) is 4.14. The largest absolute Gasteiger partial charge is 0.323 e. The zero-order chi connectivity index (χ0) is 8.18. The van der Waals surface area contributed by atoms with Gasteiger partial charge in [-0.15, -0.1) is 11.3 Å². The van der Waals surface area contributed by atoms with Crippen molar-refractivity contribution in [1.29, 1.82) is 0 Å². The van der Waals surface area contributed by atoms with E-state index in [9.17, 15) is 0 Å². The van der Waals surface area contributed by atoms with Crippen LogP contribution < -0.4 is 5.73 Å². The molecule has 2 aliphatic carbocycles. The first-order valence-corrected chi connectivity index (χ1v) is 5.52. The molecule has 3 rings (SSSR count). The lowest BCUT2D eigenvalue weighted by atomic mass is 9.81. The normalized spacial score (nSPS) is 30.2. The highest BCUT2D eigenvalue weighted by atomic mass is 32.1. The summed E-state index contributed by atoms with van der Waals surface area (Å²) in [6.45, 7) is 0. The van der Waals surface area contributed by atoms with E-state index in [2.05, 4.69) is 11.4 Å². The Balaban J connectivity index is 2.07. The van der Waals surface area contributed by atoms with Gasteiger partial charge in [0.25, 0.3) is 0 Å². The van der Waals surface area contributed by atoms with Crippen LogP contribution in [0.5, 0.6) is 0 Å². The van der Waals surface area contributed by atoms with Crippen LogP contribution in [0.25, 0.3) is 0 Å². The number of rotatable bonds is 0. The molecule has 0 aromatic carbocycles. The van der Waals surface area contributed by atoms with E-state index >= 15 is 0 Å². The topological polar surface area (TPSA) is 26.0 Å².